The Labute approximate surface area is 134 Å². The topological polar surface area (TPSA) is 28.2 Å². The first-order chi connectivity index (χ1) is 10.2. The van der Waals surface area contributed by atoms with Crippen LogP contribution in [0.25, 0.3) is 0 Å². The van der Waals surface area contributed by atoms with Crippen molar-refractivity contribution in [3.63, 3.8) is 0 Å². The summed E-state index contributed by atoms with van der Waals surface area (Å²) >= 11 is 3.52. The van der Waals surface area contributed by atoms with Gasteiger partial charge in [-0.3, -0.25) is 4.90 Å². The van der Waals surface area contributed by atoms with Crippen molar-refractivity contribution >= 4 is 21.6 Å². The zero-order valence-electron chi connectivity index (χ0n) is 12.2. The number of anilines is 1. The molecule has 1 saturated heterocycles. The maximum absolute atomic E-state index is 4.35. The Balaban J connectivity index is 1.58. The Hall–Kier alpha value is -1.39. The molecule has 2 heterocycles. The minimum absolute atomic E-state index is 0.494. The molecule has 0 bridgehead atoms. The van der Waals surface area contributed by atoms with Crippen LogP contribution in [-0.4, -0.2) is 29.0 Å². The first kappa shape index (κ1) is 14.5. The van der Waals surface area contributed by atoms with Gasteiger partial charge in [0, 0.05) is 31.9 Å². The van der Waals surface area contributed by atoms with E-state index in [0.29, 0.717) is 6.04 Å². The molecule has 0 radical (unpaired) electrons. The lowest BCUT2D eigenvalue weighted by Crippen LogP contribution is -2.26. The molecule has 1 unspecified atom stereocenters. The lowest BCUT2D eigenvalue weighted by atomic mass is 10.2. The molecule has 0 aliphatic carbocycles. The average molecular weight is 346 g/mol. The first-order valence-corrected chi connectivity index (χ1v) is 8.15. The highest BCUT2D eigenvalue weighted by atomic mass is 79.9. The molecule has 4 heteroatoms. The van der Waals surface area contributed by atoms with E-state index < -0.39 is 0 Å². The fourth-order valence-corrected chi connectivity index (χ4v) is 3.14. The Kier molecular flexibility index (Phi) is 4.56. The van der Waals surface area contributed by atoms with Crippen LogP contribution < -0.4 is 5.32 Å². The fraction of sp³-hybridized carbons (Fsp3) is 0.353. The van der Waals surface area contributed by atoms with Gasteiger partial charge in [0.25, 0.3) is 0 Å². The van der Waals surface area contributed by atoms with Crippen LogP contribution in [0.2, 0.25) is 0 Å². The number of aromatic nitrogens is 1. The molecule has 0 saturated carbocycles. The molecule has 21 heavy (non-hydrogen) atoms. The van der Waals surface area contributed by atoms with E-state index in [0.717, 1.165) is 29.9 Å². The second-order valence-electron chi connectivity index (χ2n) is 5.70. The third-order valence-corrected chi connectivity index (χ3v) is 4.49. The molecule has 1 aliphatic rings. The second-order valence-corrected chi connectivity index (χ2v) is 6.45. The molecule has 3 nitrogen and oxygen atoms in total. The number of rotatable bonds is 4. The molecule has 2 aromatic rings. The summed E-state index contributed by atoms with van der Waals surface area (Å²) in [6, 6.07) is 13.3. The van der Waals surface area contributed by atoms with Crippen LogP contribution in [0.1, 0.15) is 17.5 Å². The number of nitrogens with zero attached hydrogens (tertiary/aromatic N) is 2. The van der Waals surface area contributed by atoms with Gasteiger partial charge < -0.3 is 5.32 Å². The van der Waals surface area contributed by atoms with Crippen molar-refractivity contribution in [1.82, 2.24) is 9.88 Å². The number of hydrogen-bond donors (Lipinski definition) is 1. The standard InChI is InChI=1S/C17H20BrN3/c1-13-9-16(17(18)19-10-13)20-15-7-8-21(12-15)11-14-5-3-2-4-6-14/h2-6,9-10,15,20H,7-8,11-12H2,1H3. The van der Waals surface area contributed by atoms with E-state index in [2.05, 4.69) is 74.5 Å². The van der Waals surface area contributed by atoms with Crippen LogP contribution in [-0.2, 0) is 6.54 Å². The molecular weight excluding hydrogens is 326 g/mol. The van der Waals surface area contributed by atoms with Crippen LogP contribution in [0.3, 0.4) is 0 Å². The molecule has 0 spiro atoms. The molecular formula is C17H20BrN3. The summed E-state index contributed by atoms with van der Waals surface area (Å²) in [4.78, 5) is 6.85. The van der Waals surface area contributed by atoms with E-state index >= 15 is 0 Å². The quantitative estimate of drug-likeness (QED) is 0.853. The molecule has 3 rings (SSSR count). The third-order valence-electron chi connectivity index (χ3n) is 3.86. The summed E-state index contributed by atoms with van der Waals surface area (Å²) < 4.78 is 0.898. The zero-order valence-corrected chi connectivity index (χ0v) is 13.8. The summed E-state index contributed by atoms with van der Waals surface area (Å²) in [6.07, 6.45) is 3.05. The highest BCUT2D eigenvalue weighted by Gasteiger charge is 2.22. The lowest BCUT2D eigenvalue weighted by molar-refractivity contribution is 0.328. The Bertz CT molecular complexity index is 600. The Morgan fingerprint density at radius 3 is 2.95 bits per heavy atom. The van der Waals surface area contributed by atoms with Gasteiger partial charge in [-0.05, 0) is 46.5 Å². The minimum atomic E-state index is 0.494. The normalized spacial score (nSPS) is 18.9. The molecule has 1 fully saturated rings. The summed E-state index contributed by atoms with van der Waals surface area (Å²) in [7, 11) is 0. The monoisotopic (exact) mass is 345 g/mol. The van der Waals surface area contributed by atoms with Gasteiger partial charge in [-0.2, -0.15) is 0 Å². The maximum Gasteiger partial charge on any atom is 0.129 e. The van der Waals surface area contributed by atoms with Crippen molar-refractivity contribution in [2.24, 2.45) is 0 Å². The van der Waals surface area contributed by atoms with Crippen LogP contribution >= 0.6 is 15.9 Å². The smallest absolute Gasteiger partial charge is 0.129 e. The van der Waals surface area contributed by atoms with Gasteiger partial charge in [0.15, 0.2) is 0 Å². The summed E-state index contributed by atoms with van der Waals surface area (Å²) in [5.41, 5.74) is 3.66. The van der Waals surface area contributed by atoms with Gasteiger partial charge in [0.2, 0.25) is 0 Å². The lowest BCUT2D eigenvalue weighted by Gasteiger charge is -2.18. The number of aryl methyl sites for hydroxylation is 1. The average Bonchev–Trinajstić information content (AvgIpc) is 2.91. The highest BCUT2D eigenvalue weighted by molar-refractivity contribution is 9.10. The fourth-order valence-electron chi connectivity index (χ4n) is 2.81. The SMILES string of the molecule is Cc1cnc(Br)c(NC2CCN(Cc3ccccc3)C2)c1. The zero-order chi connectivity index (χ0) is 14.7. The van der Waals surface area contributed by atoms with Crippen LogP contribution in [0, 0.1) is 6.92 Å². The molecule has 1 aliphatic heterocycles. The Morgan fingerprint density at radius 1 is 1.33 bits per heavy atom. The molecule has 1 atom stereocenters. The van der Waals surface area contributed by atoms with Gasteiger partial charge in [-0.25, -0.2) is 4.98 Å². The number of likely N-dealkylation sites (tertiary alicyclic amines) is 1. The summed E-state index contributed by atoms with van der Waals surface area (Å²) in [5.74, 6) is 0. The van der Waals surface area contributed by atoms with Crippen LogP contribution in [0.5, 0.6) is 0 Å². The van der Waals surface area contributed by atoms with Crippen molar-refractivity contribution in [2.75, 3.05) is 18.4 Å². The maximum atomic E-state index is 4.35. The van der Waals surface area contributed by atoms with Crippen molar-refractivity contribution < 1.29 is 0 Å². The number of benzene rings is 1. The predicted molar refractivity (Wildman–Crippen MR) is 90.4 cm³/mol. The van der Waals surface area contributed by atoms with Gasteiger partial charge in [-0.15, -0.1) is 0 Å². The van der Waals surface area contributed by atoms with Gasteiger partial charge in [-0.1, -0.05) is 30.3 Å². The number of halogens is 1. The van der Waals surface area contributed by atoms with Crippen molar-refractivity contribution in [3.05, 3.63) is 58.3 Å². The van der Waals surface area contributed by atoms with E-state index in [4.69, 9.17) is 0 Å². The van der Waals surface area contributed by atoms with E-state index in [1.54, 1.807) is 0 Å². The van der Waals surface area contributed by atoms with Crippen molar-refractivity contribution in [2.45, 2.75) is 25.9 Å². The molecule has 1 N–H and O–H groups in total. The number of pyridine rings is 1. The number of nitrogens with one attached hydrogen (secondary N) is 1. The van der Waals surface area contributed by atoms with Gasteiger partial charge >= 0.3 is 0 Å². The van der Waals surface area contributed by atoms with E-state index in [1.165, 1.54) is 17.5 Å². The van der Waals surface area contributed by atoms with Crippen molar-refractivity contribution in [1.29, 1.82) is 0 Å². The molecule has 1 aromatic carbocycles. The Morgan fingerprint density at radius 2 is 2.14 bits per heavy atom. The molecule has 110 valence electrons. The second kappa shape index (κ2) is 6.58. The van der Waals surface area contributed by atoms with Gasteiger partial charge in [0.05, 0.1) is 5.69 Å². The summed E-state index contributed by atoms with van der Waals surface area (Å²) in [6.45, 7) is 5.33. The third kappa shape index (κ3) is 3.83. The van der Waals surface area contributed by atoms with Crippen molar-refractivity contribution in [3.8, 4) is 0 Å². The van der Waals surface area contributed by atoms with Gasteiger partial charge in [0.1, 0.15) is 4.60 Å². The minimum Gasteiger partial charge on any atom is -0.379 e. The van der Waals surface area contributed by atoms with E-state index in [9.17, 15) is 0 Å². The molecule has 0 amide bonds. The number of hydrogen-bond acceptors (Lipinski definition) is 3. The summed E-state index contributed by atoms with van der Waals surface area (Å²) in [5, 5.41) is 3.61. The predicted octanol–water partition coefficient (Wildman–Crippen LogP) is 3.84. The largest absolute Gasteiger partial charge is 0.379 e. The van der Waals surface area contributed by atoms with Crippen LogP contribution in [0.4, 0.5) is 5.69 Å². The highest BCUT2D eigenvalue weighted by Crippen LogP contribution is 2.24. The first-order valence-electron chi connectivity index (χ1n) is 7.35. The molecule has 1 aromatic heterocycles. The van der Waals surface area contributed by atoms with E-state index in [1.807, 2.05) is 6.20 Å². The van der Waals surface area contributed by atoms with E-state index in [-0.39, 0.29) is 0 Å². The van der Waals surface area contributed by atoms with Crippen LogP contribution in [0.15, 0.2) is 47.2 Å².